The van der Waals surface area contributed by atoms with Crippen molar-refractivity contribution in [1.82, 2.24) is 0 Å². The quantitative estimate of drug-likeness (QED) is 0.901. The Kier molecular flexibility index (Phi) is 4.51. The van der Waals surface area contributed by atoms with Crippen LogP contribution in [-0.2, 0) is 0 Å². The van der Waals surface area contributed by atoms with E-state index in [1.54, 1.807) is 7.11 Å². The molecule has 0 amide bonds. The lowest BCUT2D eigenvalue weighted by Gasteiger charge is -2.17. The topological polar surface area (TPSA) is 35.2 Å². The molecule has 0 fully saturated rings. The fourth-order valence-corrected chi connectivity index (χ4v) is 3.25. The van der Waals surface area contributed by atoms with Gasteiger partial charge in [-0.1, -0.05) is 34.1 Å². The van der Waals surface area contributed by atoms with Crippen molar-refractivity contribution in [3.63, 3.8) is 0 Å². The van der Waals surface area contributed by atoms with Crippen molar-refractivity contribution in [1.29, 1.82) is 0 Å². The third kappa shape index (κ3) is 3.05. The molecule has 0 aliphatic heterocycles. The van der Waals surface area contributed by atoms with Crippen LogP contribution in [-0.4, -0.2) is 7.11 Å². The van der Waals surface area contributed by atoms with E-state index in [0.29, 0.717) is 0 Å². The van der Waals surface area contributed by atoms with Gasteiger partial charge in [-0.3, -0.25) is 0 Å². The summed E-state index contributed by atoms with van der Waals surface area (Å²) in [5.41, 5.74) is 12.1. The molecule has 0 bridgehead atoms. The zero-order valence-electron chi connectivity index (χ0n) is 12.3. The summed E-state index contributed by atoms with van der Waals surface area (Å²) in [5.74, 6) is 0.936. The van der Waals surface area contributed by atoms with Gasteiger partial charge >= 0.3 is 0 Å². The van der Waals surface area contributed by atoms with Crippen molar-refractivity contribution >= 4 is 15.9 Å². The maximum absolute atomic E-state index is 6.42. The highest BCUT2D eigenvalue weighted by Crippen LogP contribution is 2.30. The highest BCUT2D eigenvalue weighted by atomic mass is 79.9. The summed E-state index contributed by atoms with van der Waals surface area (Å²) in [4.78, 5) is 0. The number of nitrogens with two attached hydrogens (primary N) is 1. The average molecular weight is 334 g/mol. The Labute approximate surface area is 129 Å². The molecule has 0 radical (unpaired) electrons. The summed E-state index contributed by atoms with van der Waals surface area (Å²) in [5, 5.41) is 0. The number of benzene rings is 2. The van der Waals surface area contributed by atoms with Crippen LogP contribution in [0.3, 0.4) is 0 Å². The molecule has 2 rings (SSSR count). The number of rotatable bonds is 3. The fraction of sp³-hybridized carbons (Fsp3) is 0.294. The Hall–Kier alpha value is -1.32. The third-order valence-electron chi connectivity index (χ3n) is 3.47. The fourth-order valence-electron chi connectivity index (χ4n) is 2.62. The predicted octanol–water partition coefficient (Wildman–Crippen LogP) is 4.43. The minimum Gasteiger partial charge on any atom is -0.496 e. The number of hydrogen-bond acceptors (Lipinski definition) is 2. The van der Waals surface area contributed by atoms with E-state index in [4.69, 9.17) is 10.5 Å². The molecule has 1 unspecified atom stereocenters. The van der Waals surface area contributed by atoms with E-state index in [1.165, 1.54) is 5.56 Å². The molecular weight excluding hydrogens is 314 g/mol. The first-order chi connectivity index (χ1) is 9.42. The van der Waals surface area contributed by atoms with Crippen molar-refractivity contribution in [3.05, 3.63) is 62.6 Å². The van der Waals surface area contributed by atoms with Gasteiger partial charge < -0.3 is 10.5 Å². The van der Waals surface area contributed by atoms with Crippen LogP contribution >= 0.6 is 15.9 Å². The van der Waals surface area contributed by atoms with Crippen molar-refractivity contribution in [3.8, 4) is 5.75 Å². The van der Waals surface area contributed by atoms with Crippen LogP contribution in [0.4, 0.5) is 0 Å². The molecule has 2 nitrogen and oxygen atoms in total. The summed E-state index contributed by atoms with van der Waals surface area (Å²) in [7, 11) is 1.70. The molecule has 1 atom stereocenters. The van der Waals surface area contributed by atoms with E-state index >= 15 is 0 Å². The van der Waals surface area contributed by atoms with Gasteiger partial charge in [0.1, 0.15) is 5.75 Å². The summed E-state index contributed by atoms with van der Waals surface area (Å²) < 4.78 is 6.47. The van der Waals surface area contributed by atoms with Crippen LogP contribution in [0.5, 0.6) is 5.75 Å². The number of hydrogen-bond donors (Lipinski definition) is 1. The standard InChI is InChI=1S/C17H20BrNO/c1-10-5-13(9-15(18)6-10)16(19)14-7-11(2)17(20-4)12(3)8-14/h5-9,16H,19H2,1-4H3. The first-order valence-corrected chi connectivity index (χ1v) is 7.39. The zero-order valence-corrected chi connectivity index (χ0v) is 13.9. The molecule has 2 aromatic rings. The van der Waals surface area contributed by atoms with Crippen molar-refractivity contribution in [2.24, 2.45) is 5.73 Å². The molecule has 0 aliphatic carbocycles. The minimum atomic E-state index is -0.130. The molecule has 3 heteroatoms. The molecule has 0 aliphatic rings. The molecule has 2 aromatic carbocycles. The maximum atomic E-state index is 6.42. The first-order valence-electron chi connectivity index (χ1n) is 6.60. The summed E-state index contributed by atoms with van der Waals surface area (Å²) in [6.45, 7) is 6.17. The zero-order chi connectivity index (χ0) is 14.9. The largest absolute Gasteiger partial charge is 0.496 e. The minimum absolute atomic E-state index is 0.130. The van der Waals surface area contributed by atoms with E-state index in [9.17, 15) is 0 Å². The smallest absolute Gasteiger partial charge is 0.124 e. The number of methoxy groups -OCH3 is 1. The second-order valence-electron chi connectivity index (χ2n) is 5.23. The van der Waals surface area contributed by atoms with Gasteiger partial charge in [-0.2, -0.15) is 0 Å². The van der Waals surface area contributed by atoms with Crippen molar-refractivity contribution in [2.45, 2.75) is 26.8 Å². The Bertz CT molecular complexity index is 594. The molecule has 0 aromatic heterocycles. The van der Waals surface area contributed by atoms with Gasteiger partial charge in [-0.25, -0.2) is 0 Å². The van der Waals surface area contributed by atoms with Crippen LogP contribution in [0.1, 0.15) is 33.9 Å². The molecule has 2 N–H and O–H groups in total. The number of aryl methyl sites for hydroxylation is 3. The molecule has 0 saturated carbocycles. The van der Waals surface area contributed by atoms with Gasteiger partial charge in [0.05, 0.1) is 13.2 Å². The van der Waals surface area contributed by atoms with Gasteiger partial charge in [0.25, 0.3) is 0 Å². The van der Waals surface area contributed by atoms with Crippen LogP contribution < -0.4 is 10.5 Å². The van der Waals surface area contributed by atoms with E-state index in [0.717, 1.165) is 32.5 Å². The second-order valence-corrected chi connectivity index (χ2v) is 6.14. The highest BCUT2D eigenvalue weighted by molar-refractivity contribution is 9.10. The van der Waals surface area contributed by atoms with Crippen LogP contribution in [0.15, 0.2) is 34.8 Å². The lowest BCUT2D eigenvalue weighted by Crippen LogP contribution is -2.13. The number of ether oxygens (including phenoxy) is 1. The van der Waals surface area contributed by atoms with E-state index in [1.807, 2.05) is 13.8 Å². The second kappa shape index (κ2) is 5.98. The predicted molar refractivity (Wildman–Crippen MR) is 87.4 cm³/mol. The van der Waals surface area contributed by atoms with E-state index in [-0.39, 0.29) is 6.04 Å². The molecule has 106 valence electrons. The normalized spacial score (nSPS) is 12.3. The summed E-state index contributed by atoms with van der Waals surface area (Å²) in [6, 6.07) is 10.4. The number of halogens is 1. The van der Waals surface area contributed by atoms with Crippen LogP contribution in [0, 0.1) is 20.8 Å². The lowest BCUT2D eigenvalue weighted by atomic mass is 9.95. The van der Waals surface area contributed by atoms with E-state index in [2.05, 4.69) is 53.2 Å². The molecular formula is C17H20BrNO. The van der Waals surface area contributed by atoms with E-state index < -0.39 is 0 Å². The molecule has 0 saturated heterocycles. The summed E-state index contributed by atoms with van der Waals surface area (Å²) >= 11 is 3.53. The van der Waals surface area contributed by atoms with Crippen molar-refractivity contribution < 1.29 is 4.74 Å². The molecule has 0 heterocycles. The Balaban J connectivity index is 2.45. The van der Waals surface area contributed by atoms with Crippen LogP contribution in [0.2, 0.25) is 0 Å². The Morgan fingerprint density at radius 2 is 1.50 bits per heavy atom. The van der Waals surface area contributed by atoms with Gasteiger partial charge in [0.15, 0.2) is 0 Å². The monoisotopic (exact) mass is 333 g/mol. The van der Waals surface area contributed by atoms with Gasteiger partial charge in [-0.05, 0) is 60.7 Å². The SMILES string of the molecule is COc1c(C)cc(C(N)c2cc(C)cc(Br)c2)cc1C. The Morgan fingerprint density at radius 3 is 2.00 bits per heavy atom. The van der Waals surface area contributed by atoms with Crippen molar-refractivity contribution in [2.75, 3.05) is 7.11 Å². The Morgan fingerprint density at radius 1 is 0.950 bits per heavy atom. The third-order valence-corrected chi connectivity index (χ3v) is 3.93. The average Bonchev–Trinajstić information content (AvgIpc) is 2.36. The van der Waals surface area contributed by atoms with Gasteiger partial charge in [0.2, 0.25) is 0 Å². The van der Waals surface area contributed by atoms with Crippen LogP contribution in [0.25, 0.3) is 0 Å². The summed E-state index contributed by atoms with van der Waals surface area (Å²) in [6.07, 6.45) is 0. The maximum Gasteiger partial charge on any atom is 0.124 e. The first kappa shape index (κ1) is 15.1. The lowest BCUT2D eigenvalue weighted by molar-refractivity contribution is 0.408. The highest BCUT2D eigenvalue weighted by Gasteiger charge is 2.13. The van der Waals surface area contributed by atoms with Gasteiger partial charge in [0, 0.05) is 4.47 Å². The molecule has 0 spiro atoms. The van der Waals surface area contributed by atoms with Gasteiger partial charge in [-0.15, -0.1) is 0 Å². The molecule has 20 heavy (non-hydrogen) atoms.